The van der Waals surface area contributed by atoms with E-state index in [-0.39, 0.29) is 0 Å². The molecule has 250 valence electrons. The highest BCUT2D eigenvalue weighted by Crippen LogP contribution is 2.40. The van der Waals surface area contributed by atoms with Crippen molar-refractivity contribution in [1.82, 2.24) is 0 Å². The number of hydrogen-bond donors (Lipinski definition) is 0. The minimum Gasteiger partial charge on any atom is -0.319 e. The van der Waals surface area contributed by atoms with Gasteiger partial charge < -0.3 is 9.80 Å². The molecule has 0 saturated heterocycles. The Morgan fingerprint density at radius 1 is 0.423 bits per heavy atom. The van der Waals surface area contributed by atoms with Crippen LogP contribution in [-0.4, -0.2) is 11.1 Å². The van der Waals surface area contributed by atoms with Crippen molar-refractivity contribution in [2.45, 2.75) is 23.9 Å². The number of nitriles is 2. The zero-order valence-corrected chi connectivity index (χ0v) is 28.8. The fourth-order valence-electron chi connectivity index (χ4n) is 6.76. The minimum atomic E-state index is -0.837. The number of anilines is 4. The summed E-state index contributed by atoms with van der Waals surface area (Å²) in [5, 5.41) is 21.0. The second kappa shape index (κ2) is 15.3. The molecule has 0 amide bonds. The summed E-state index contributed by atoms with van der Waals surface area (Å²) in [6, 6.07) is 54.1. The summed E-state index contributed by atoms with van der Waals surface area (Å²) in [6.07, 6.45) is 22.0. The fourth-order valence-corrected chi connectivity index (χ4v) is 6.76. The molecule has 0 heterocycles. The lowest BCUT2D eigenvalue weighted by molar-refractivity contribution is 0.646. The third-order valence-corrected chi connectivity index (χ3v) is 9.52. The van der Waals surface area contributed by atoms with Crippen LogP contribution in [0.3, 0.4) is 0 Å². The molecule has 0 aliphatic heterocycles. The molecule has 7 rings (SSSR count). The molecule has 0 bridgehead atoms. The van der Waals surface area contributed by atoms with Crippen LogP contribution in [0.1, 0.15) is 24.0 Å². The Morgan fingerprint density at radius 3 is 0.981 bits per heavy atom. The molecule has 0 N–H and O–H groups in total. The highest BCUT2D eigenvalue weighted by Gasteiger charge is 2.38. The van der Waals surface area contributed by atoms with Crippen LogP contribution < -0.4 is 9.80 Å². The van der Waals surface area contributed by atoms with Gasteiger partial charge in [-0.2, -0.15) is 10.5 Å². The second-order valence-corrected chi connectivity index (χ2v) is 12.9. The van der Waals surface area contributed by atoms with Gasteiger partial charge in [-0.25, -0.2) is 0 Å². The van der Waals surface area contributed by atoms with Gasteiger partial charge in [0.25, 0.3) is 0 Å². The Labute approximate surface area is 306 Å². The van der Waals surface area contributed by atoms with E-state index in [9.17, 15) is 10.5 Å². The molecule has 0 saturated carbocycles. The van der Waals surface area contributed by atoms with Gasteiger partial charge in [-0.05, 0) is 83.0 Å². The molecular weight excluding hydrogens is 633 g/mol. The molecular formula is C48H38N4. The van der Waals surface area contributed by atoms with Crippen LogP contribution in [0.15, 0.2) is 205 Å². The smallest absolute Gasteiger partial charge is 0.154 e. The predicted molar refractivity (Wildman–Crippen MR) is 215 cm³/mol. The quantitative estimate of drug-likeness (QED) is 0.148. The normalized spacial score (nSPS) is 19.4. The van der Waals surface area contributed by atoms with Crippen LogP contribution in [0.2, 0.25) is 0 Å². The van der Waals surface area contributed by atoms with Crippen molar-refractivity contribution >= 4 is 34.9 Å². The van der Waals surface area contributed by atoms with Gasteiger partial charge in [0, 0.05) is 35.6 Å². The van der Waals surface area contributed by atoms with Gasteiger partial charge in [0.1, 0.15) is 0 Å². The molecule has 2 atom stereocenters. The maximum absolute atomic E-state index is 10.5. The highest BCUT2D eigenvalue weighted by molar-refractivity contribution is 5.72. The Bertz CT molecular complexity index is 2010. The standard InChI is InChI=1S/C48H38N4/c49-37-47(51(43-13-5-1-6-14-43)44-15-7-2-8-16-44)33-29-41(30-34-47)27-25-39-21-23-40(24-22-39)26-28-42-31-35-48(38-50,36-32-42)52(45-17-9-3-10-18-45)46-19-11-4-12-20-46/h1-33,35H,34,36H2. The molecule has 0 aromatic heterocycles. The molecule has 2 aliphatic carbocycles. The molecule has 2 unspecified atom stereocenters. The lowest BCUT2D eigenvalue weighted by Gasteiger charge is -2.39. The van der Waals surface area contributed by atoms with Gasteiger partial charge in [-0.3, -0.25) is 0 Å². The number of allylic oxidation sites excluding steroid dienone is 6. The van der Waals surface area contributed by atoms with Crippen molar-refractivity contribution in [1.29, 1.82) is 10.5 Å². The topological polar surface area (TPSA) is 54.1 Å². The molecule has 2 aliphatic rings. The summed E-state index contributed by atoms with van der Waals surface area (Å²) in [4.78, 5) is 4.24. The first kappa shape index (κ1) is 33.6. The maximum Gasteiger partial charge on any atom is 0.154 e. The zero-order valence-electron chi connectivity index (χ0n) is 28.8. The van der Waals surface area contributed by atoms with E-state index in [1.165, 1.54) is 0 Å². The largest absolute Gasteiger partial charge is 0.319 e. The van der Waals surface area contributed by atoms with Crippen LogP contribution in [0.25, 0.3) is 12.2 Å². The lowest BCUT2D eigenvalue weighted by Crippen LogP contribution is -2.44. The third-order valence-electron chi connectivity index (χ3n) is 9.52. The first-order chi connectivity index (χ1) is 25.6. The van der Waals surface area contributed by atoms with E-state index in [2.05, 4.69) is 82.7 Å². The molecule has 0 radical (unpaired) electrons. The number of rotatable bonds is 10. The van der Waals surface area contributed by atoms with Crippen LogP contribution >= 0.6 is 0 Å². The van der Waals surface area contributed by atoms with E-state index in [0.717, 1.165) is 45.0 Å². The molecule has 0 spiro atoms. The van der Waals surface area contributed by atoms with E-state index in [0.29, 0.717) is 12.8 Å². The first-order valence-electron chi connectivity index (χ1n) is 17.5. The van der Waals surface area contributed by atoms with Crippen molar-refractivity contribution in [3.8, 4) is 12.1 Å². The minimum absolute atomic E-state index is 0.559. The summed E-state index contributed by atoms with van der Waals surface area (Å²) in [5.41, 5.74) is 6.56. The average Bonchev–Trinajstić information content (AvgIpc) is 3.22. The summed E-state index contributed by atoms with van der Waals surface area (Å²) < 4.78 is 0. The monoisotopic (exact) mass is 670 g/mol. The van der Waals surface area contributed by atoms with Crippen LogP contribution in [-0.2, 0) is 0 Å². The first-order valence-corrected chi connectivity index (χ1v) is 17.5. The molecule has 0 fully saturated rings. The van der Waals surface area contributed by atoms with Crippen molar-refractivity contribution in [2.75, 3.05) is 9.80 Å². The second-order valence-electron chi connectivity index (χ2n) is 12.9. The molecule has 52 heavy (non-hydrogen) atoms. The van der Waals surface area contributed by atoms with Gasteiger partial charge in [-0.1, -0.05) is 146 Å². The molecule has 5 aromatic carbocycles. The number of nitrogens with zero attached hydrogens (tertiary/aromatic N) is 4. The van der Waals surface area contributed by atoms with Gasteiger partial charge >= 0.3 is 0 Å². The average molecular weight is 671 g/mol. The van der Waals surface area contributed by atoms with Crippen molar-refractivity contribution in [3.63, 3.8) is 0 Å². The van der Waals surface area contributed by atoms with Gasteiger partial charge in [0.05, 0.1) is 12.1 Å². The zero-order chi connectivity index (χ0) is 35.6. The molecule has 5 aromatic rings. The van der Waals surface area contributed by atoms with Crippen LogP contribution in [0, 0.1) is 22.7 Å². The lowest BCUT2D eigenvalue weighted by atomic mass is 9.86. The molecule has 4 nitrogen and oxygen atoms in total. The van der Waals surface area contributed by atoms with E-state index in [1.54, 1.807) is 0 Å². The number of para-hydroxylation sites is 4. The Hall–Kier alpha value is -6.88. The molecule has 4 heteroatoms. The summed E-state index contributed by atoms with van der Waals surface area (Å²) in [6.45, 7) is 0. The van der Waals surface area contributed by atoms with Crippen molar-refractivity contribution in [3.05, 3.63) is 216 Å². The fraction of sp³-hybridized carbons (Fsp3) is 0.0833. The van der Waals surface area contributed by atoms with E-state index >= 15 is 0 Å². The Balaban J connectivity index is 1.01. The number of benzene rings is 5. The Morgan fingerprint density at radius 2 is 0.731 bits per heavy atom. The van der Waals surface area contributed by atoms with Crippen LogP contribution in [0.5, 0.6) is 0 Å². The summed E-state index contributed by atoms with van der Waals surface area (Å²) in [5.74, 6) is 0. The van der Waals surface area contributed by atoms with E-state index in [1.807, 2.05) is 146 Å². The van der Waals surface area contributed by atoms with E-state index < -0.39 is 11.1 Å². The van der Waals surface area contributed by atoms with Gasteiger partial charge in [0.2, 0.25) is 0 Å². The SMILES string of the molecule is N#CC1(N(c2ccccc2)c2ccccc2)C=CC(C=Cc2ccc(C=CC3=CCC(C#N)(N(c4ccccc4)c4ccccc4)C=C3)cc2)=CC1. The summed E-state index contributed by atoms with van der Waals surface area (Å²) in [7, 11) is 0. The van der Waals surface area contributed by atoms with Crippen molar-refractivity contribution in [2.24, 2.45) is 0 Å². The van der Waals surface area contributed by atoms with Gasteiger partial charge in [-0.15, -0.1) is 0 Å². The van der Waals surface area contributed by atoms with E-state index in [4.69, 9.17) is 0 Å². The third kappa shape index (κ3) is 7.19. The maximum atomic E-state index is 10.5. The number of hydrogen-bond acceptors (Lipinski definition) is 4. The van der Waals surface area contributed by atoms with Crippen molar-refractivity contribution < 1.29 is 0 Å². The van der Waals surface area contributed by atoms with Gasteiger partial charge in [0.15, 0.2) is 11.1 Å². The highest BCUT2D eigenvalue weighted by atomic mass is 15.2. The Kier molecular flexibility index (Phi) is 9.92. The predicted octanol–water partition coefficient (Wildman–Crippen LogP) is 11.7. The summed E-state index contributed by atoms with van der Waals surface area (Å²) >= 11 is 0. The van der Waals surface area contributed by atoms with Crippen LogP contribution in [0.4, 0.5) is 22.7 Å².